The van der Waals surface area contributed by atoms with E-state index in [2.05, 4.69) is 0 Å². The van der Waals surface area contributed by atoms with Gasteiger partial charge >= 0.3 is 0 Å². The lowest BCUT2D eigenvalue weighted by molar-refractivity contribution is 0.216. The molecule has 16 heavy (non-hydrogen) atoms. The standard InChI is InChI=1S/C12H18N2O2/c1-4-8(2)16-11-7-9(15-3)5-6-10(11)12(13)14/h5-8H,4H2,1-3H3,(H3,13,14). The molecule has 1 unspecified atom stereocenters. The minimum absolute atomic E-state index is 0.000885. The van der Waals surface area contributed by atoms with Gasteiger partial charge in [0.15, 0.2) is 0 Å². The topological polar surface area (TPSA) is 68.3 Å². The zero-order chi connectivity index (χ0) is 12.1. The van der Waals surface area contributed by atoms with E-state index in [0.29, 0.717) is 17.1 Å². The average Bonchev–Trinajstić information content (AvgIpc) is 2.28. The molecule has 1 aromatic rings. The maximum Gasteiger partial charge on any atom is 0.134 e. The quantitative estimate of drug-likeness (QED) is 0.592. The van der Waals surface area contributed by atoms with E-state index in [4.69, 9.17) is 20.6 Å². The van der Waals surface area contributed by atoms with Crippen molar-refractivity contribution in [2.45, 2.75) is 26.4 Å². The number of hydrogen-bond donors (Lipinski definition) is 2. The molecule has 0 aliphatic carbocycles. The third kappa shape index (κ3) is 2.89. The maximum absolute atomic E-state index is 7.46. The van der Waals surface area contributed by atoms with Crippen LogP contribution in [0.25, 0.3) is 0 Å². The number of benzene rings is 1. The molecule has 0 aliphatic rings. The fourth-order valence-corrected chi connectivity index (χ4v) is 1.25. The Morgan fingerprint density at radius 3 is 2.69 bits per heavy atom. The average molecular weight is 222 g/mol. The summed E-state index contributed by atoms with van der Waals surface area (Å²) in [5, 5.41) is 7.46. The normalized spacial score (nSPS) is 11.9. The number of nitrogen functional groups attached to an aromatic ring is 1. The van der Waals surface area contributed by atoms with Crippen molar-refractivity contribution in [3.05, 3.63) is 23.8 Å². The predicted molar refractivity (Wildman–Crippen MR) is 64.4 cm³/mol. The van der Waals surface area contributed by atoms with Crippen LogP contribution in [0.4, 0.5) is 0 Å². The van der Waals surface area contributed by atoms with Crippen LogP contribution in [0.5, 0.6) is 11.5 Å². The molecule has 0 bridgehead atoms. The molecule has 3 N–H and O–H groups in total. The van der Waals surface area contributed by atoms with Gasteiger partial charge in [0, 0.05) is 6.07 Å². The van der Waals surface area contributed by atoms with Crippen LogP contribution in [-0.2, 0) is 0 Å². The monoisotopic (exact) mass is 222 g/mol. The van der Waals surface area contributed by atoms with E-state index in [1.165, 1.54) is 0 Å². The second-order valence-electron chi connectivity index (χ2n) is 3.61. The van der Waals surface area contributed by atoms with E-state index in [1.54, 1.807) is 25.3 Å². The van der Waals surface area contributed by atoms with Gasteiger partial charge in [0.1, 0.15) is 17.3 Å². The summed E-state index contributed by atoms with van der Waals surface area (Å²) >= 11 is 0. The summed E-state index contributed by atoms with van der Waals surface area (Å²) in [5.41, 5.74) is 6.08. The Morgan fingerprint density at radius 2 is 2.19 bits per heavy atom. The van der Waals surface area contributed by atoms with Crippen LogP contribution in [0.1, 0.15) is 25.8 Å². The lowest BCUT2D eigenvalue weighted by Gasteiger charge is -2.16. The molecule has 0 saturated carbocycles. The van der Waals surface area contributed by atoms with Gasteiger partial charge in [-0.25, -0.2) is 0 Å². The highest BCUT2D eigenvalue weighted by Crippen LogP contribution is 2.25. The second-order valence-corrected chi connectivity index (χ2v) is 3.61. The zero-order valence-electron chi connectivity index (χ0n) is 9.91. The maximum atomic E-state index is 7.46. The zero-order valence-corrected chi connectivity index (χ0v) is 9.91. The van der Waals surface area contributed by atoms with Gasteiger partial charge in [0.05, 0.1) is 18.8 Å². The Kier molecular flexibility index (Phi) is 4.17. The number of methoxy groups -OCH3 is 1. The third-order valence-electron chi connectivity index (χ3n) is 2.38. The minimum Gasteiger partial charge on any atom is -0.497 e. The molecule has 0 fully saturated rings. The van der Waals surface area contributed by atoms with Crippen LogP contribution in [0, 0.1) is 5.41 Å². The predicted octanol–water partition coefficient (Wildman–Crippen LogP) is 2.16. The first-order valence-corrected chi connectivity index (χ1v) is 5.27. The summed E-state index contributed by atoms with van der Waals surface area (Å²) < 4.78 is 10.8. The Bertz CT molecular complexity index is 377. The van der Waals surface area contributed by atoms with E-state index in [0.717, 1.165) is 6.42 Å². The molecular formula is C12H18N2O2. The van der Waals surface area contributed by atoms with Crippen molar-refractivity contribution in [3.8, 4) is 11.5 Å². The van der Waals surface area contributed by atoms with Crippen LogP contribution >= 0.6 is 0 Å². The van der Waals surface area contributed by atoms with Crippen molar-refractivity contribution in [1.29, 1.82) is 5.41 Å². The Morgan fingerprint density at radius 1 is 1.50 bits per heavy atom. The van der Waals surface area contributed by atoms with E-state index >= 15 is 0 Å². The van der Waals surface area contributed by atoms with Crippen LogP contribution in [0.15, 0.2) is 18.2 Å². The number of ether oxygens (including phenoxy) is 2. The molecule has 0 saturated heterocycles. The van der Waals surface area contributed by atoms with Crippen LogP contribution in [-0.4, -0.2) is 19.0 Å². The number of hydrogen-bond acceptors (Lipinski definition) is 3. The highest BCUT2D eigenvalue weighted by molar-refractivity contribution is 5.97. The molecule has 0 amide bonds. The first-order valence-electron chi connectivity index (χ1n) is 5.27. The fourth-order valence-electron chi connectivity index (χ4n) is 1.25. The molecule has 88 valence electrons. The van der Waals surface area contributed by atoms with Gasteiger partial charge in [-0.05, 0) is 25.5 Å². The molecule has 1 rings (SSSR count). The van der Waals surface area contributed by atoms with Crippen molar-refractivity contribution in [2.24, 2.45) is 5.73 Å². The van der Waals surface area contributed by atoms with Crippen molar-refractivity contribution in [1.82, 2.24) is 0 Å². The summed E-state index contributed by atoms with van der Waals surface area (Å²) in [5.74, 6) is 1.30. The third-order valence-corrected chi connectivity index (χ3v) is 2.38. The summed E-state index contributed by atoms with van der Waals surface area (Å²) in [7, 11) is 1.59. The Hall–Kier alpha value is -1.71. The van der Waals surface area contributed by atoms with Crippen molar-refractivity contribution in [3.63, 3.8) is 0 Å². The van der Waals surface area contributed by atoms with Crippen molar-refractivity contribution >= 4 is 5.84 Å². The largest absolute Gasteiger partial charge is 0.497 e. The molecule has 4 heteroatoms. The van der Waals surface area contributed by atoms with Crippen LogP contribution in [0.2, 0.25) is 0 Å². The summed E-state index contributed by atoms with van der Waals surface area (Å²) in [4.78, 5) is 0. The van der Waals surface area contributed by atoms with E-state index in [1.807, 2.05) is 13.8 Å². The lowest BCUT2D eigenvalue weighted by atomic mass is 10.1. The summed E-state index contributed by atoms with van der Waals surface area (Å²) in [6.07, 6.45) is 0.986. The summed E-state index contributed by atoms with van der Waals surface area (Å²) in [6.45, 7) is 4.02. The number of nitrogens with one attached hydrogen (secondary N) is 1. The number of nitrogens with two attached hydrogens (primary N) is 1. The minimum atomic E-state index is 0.000885. The highest BCUT2D eigenvalue weighted by atomic mass is 16.5. The van der Waals surface area contributed by atoms with Gasteiger partial charge in [-0.2, -0.15) is 0 Å². The van der Waals surface area contributed by atoms with Gasteiger partial charge in [-0.15, -0.1) is 0 Å². The highest BCUT2D eigenvalue weighted by Gasteiger charge is 2.10. The molecule has 0 radical (unpaired) electrons. The van der Waals surface area contributed by atoms with Crippen molar-refractivity contribution < 1.29 is 9.47 Å². The van der Waals surface area contributed by atoms with Gasteiger partial charge < -0.3 is 15.2 Å². The molecule has 0 aromatic heterocycles. The second kappa shape index (κ2) is 5.39. The van der Waals surface area contributed by atoms with Gasteiger partial charge in [-0.3, -0.25) is 5.41 Å². The Labute approximate surface area is 95.9 Å². The molecule has 1 aromatic carbocycles. The molecule has 0 heterocycles. The smallest absolute Gasteiger partial charge is 0.134 e. The van der Waals surface area contributed by atoms with E-state index in [-0.39, 0.29) is 11.9 Å². The van der Waals surface area contributed by atoms with E-state index < -0.39 is 0 Å². The van der Waals surface area contributed by atoms with Gasteiger partial charge in [0.2, 0.25) is 0 Å². The van der Waals surface area contributed by atoms with Crippen molar-refractivity contribution in [2.75, 3.05) is 7.11 Å². The lowest BCUT2D eigenvalue weighted by Crippen LogP contribution is -2.16. The Balaban J connectivity index is 3.05. The van der Waals surface area contributed by atoms with Gasteiger partial charge in [0.25, 0.3) is 0 Å². The first kappa shape index (κ1) is 12.4. The molecule has 0 aliphatic heterocycles. The fraction of sp³-hybridized carbons (Fsp3) is 0.417. The van der Waals surface area contributed by atoms with Gasteiger partial charge in [-0.1, -0.05) is 6.92 Å². The number of rotatable bonds is 5. The molecular weight excluding hydrogens is 204 g/mol. The van der Waals surface area contributed by atoms with Crippen LogP contribution < -0.4 is 15.2 Å². The first-order chi connectivity index (χ1) is 7.58. The molecule has 0 spiro atoms. The summed E-state index contributed by atoms with van der Waals surface area (Å²) in [6, 6.07) is 5.25. The van der Waals surface area contributed by atoms with Crippen LogP contribution in [0.3, 0.4) is 0 Å². The SMILES string of the molecule is CCC(C)Oc1cc(OC)ccc1C(=N)N. The molecule has 1 atom stereocenters. The number of amidine groups is 1. The molecule has 4 nitrogen and oxygen atoms in total. The van der Waals surface area contributed by atoms with E-state index in [9.17, 15) is 0 Å².